The molecule has 0 aromatic heterocycles. The molecule has 1 saturated heterocycles. The molecule has 1 aliphatic rings. The average molecular weight is 174 g/mol. The van der Waals surface area contributed by atoms with Crippen molar-refractivity contribution in [3.8, 4) is 0 Å². The van der Waals surface area contributed by atoms with Crippen LogP contribution < -0.4 is 10.6 Å². The van der Waals surface area contributed by atoms with Gasteiger partial charge in [0.2, 0.25) is 0 Å². The van der Waals surface area contributed by atoms with Crippen molar-refractivity contribution in [2.75, 3.05) is 27.5 Å². The fourth-order valence-electron chi connectivity index (χ4n) is 1.05. The number of nitrogens with one attached hydrogen (secondary N) is 2. The number of amides is 1. The number of hydrogen-bond acceptors (Lipinski definition) is 4. The maximum absolute atomic E-state index is 11.1. The Labute approximate surface area is 71.4 Å². The van der Waals surface area contributed by atoms with Gasteiger partial charge in [-0.3, -0.25) is 10.1 Å². The maximum Gasteiger partial charge on any atom is 0.250 e. The summed E-state index contributed by atoms with van der Waals surface area (Å²) in [5.41, 5.74) is 0. The summed E-state index contributed by atoms with van der Waals surface area (Å²) in [7, 11) is 3.19. The molecular weight excluding hydrogens is 160 g/mol. The van der Waals surface area contributed by atoms with E-state index in [9.17, 15) is 4.79 Å². The maximum atomic E-state index is 11.1. The van der Waals surface area contributed by atoms with Crippen LogP contribution in [0.2, 0.25) is 0 Å². The molecule has 0 aromatic carbocycles. The van der Waals surface area contributed by atoms with E-state index in [0.717, 1.165) is 0 Å². The van der Waals surface area contributed by atoms with Crippen molar-refractivity contribution in [3.05, 3.63) is 0 Å². The van der Waals surface area contributed by atoms with E-state index in [4.69, 9.17) is 9.47 Å². The third kappa shape index (κ3) is 1.94. The lowest BCUT2D eigenvalue weighted by atomic mass is 10.1. The Morgan fingerprint density at radius 3 is 2.92 bits per heavy atom. The second-order valence-electron chi connectivity index (χ2n) is 2.61. The lowest BCUT2D eigenvalue weighted by Crippen LogP contribution is -2.60. The zero-order chi connectivity index (χ0) is 8.97. The molecule has 0 bridgehead atoms. The Hall–Kier alpha value is -0.650. The highest BCUT2D eigenvalue weighted by Crippen LogP contribution is 2.11. The Balaban J connectivity index is 2.24. The molecule has 1 aliphatic heterocycles. The van der Waals surface area contributed by atoms with E-state index >= 15 is 0 Å². The lowest BCUT2D eigenvalue weighted by molar-refractivity contribution is -0.152. The first-order chi connectivity index (χ1) is 5.79. The van der Waals surface area contributed by atoms with Crippen molar-refractivity contribution in [1.29, 1.82) is 0 Å². The van der Waals surface area contributed by atoms with E-state index in [1.165, 1.54) is 0 Å². The summed E-state index contributed by atoms with van der Waals surface area (Å²) in [5, 5.41) is 5.55. The van der Waals surface area contributed by atoms with Crippen LogP contribution in [-0.2, 0) is 14.3 Å². The first-order valence-corrected chi connectivity index (χ1v) is 3.85. The van der Waals surface area contributed by atoms with Gasteiger partial charge in [0.05, 0.1) is 19.4 Å². The number of carbonyl (C=O) groups is 1. The Kier molecular flexibility index (Phi) is 3.46. The Morgan fingerprint density at radius 1 is 1.75 bits per heavy atom. The van der Waals surface area contributed by atoms with E-state index < -0.39 is 0 Å². The predicted molar refractivity (Wildman–Crippen MR) is 42.6 cm³/mol. The molecule has 2 atom stereocenters. The van der Waals surface area contributed by atoms with Gasteiger partial charge < -0.3 is 14.8 Å². The zero-order valence-electron chi connectivity index (χ0n) is 7.29. The predicted octanol–water partition coefficient (Wildman–Crippen LogP) is -1.31. The van der Waals surface area contributed by atoms with Crippen LogP contribution in [0.15, 0.2) is 0 Å². The van der Waals surface area contributed by atoms with Gasteiger partial charge in [0.25, 0.3) is 5.91 Å². The van der Waals surface area contributed by atoms with Crippen molar-refractivity contribution in [2.24, 2.45) is 0 Å². The monoisotopic (exact) mass is 174 g/mol. The molecule has 1 rings (SSSR count). The van der Waals surface area contributed by atoms with Gasteiger partial charge in [-0.05, 0) is 0 Å². The van der Waals surface area contributed by atoms with Gasteiger partial charge in [-0.1, -0.05) is 0 Å². The van der Waals surface area contributed by atoms with Crippen LogP contribution in [0.4, 0.5) is 0 Å². The van der Waals surface area contributed by atoms with Crippen molar-refractivity contribution in [1.82, 2.24) is 10.6 Å². The van der Waals surface area contributed by atoms with Crippen molar-refractivity contribution >= 4 is 5.91 Å². The second kappa shape index (κ2) is 4.39. The number of methoxy groups -OCH3 is 1. The summed E-state index contributed by atoms with van der Waals surface area (Å²) in [6, 6.07) is 0.0879. The molecule has 1 heterocycles. The fraction of sp³-hybridized carbons (Fsp3) is 0.857. The van der Waals surface area contributed by atoms with E-state index in [0.29, 0.717) is 13.3 Å². The molecule has 2 N–H and O–H groups in total. The van der Waals surface area contributed by atoms with Crippen LogP contribution in [-0.4, -0.2) is 45.5 Å². The molecule has 0 aliphatic carbocycles. The van der Waals surface area contributed by atoms with Gasteiger partial charge >= 0.3 is 0 Å². The normalized spacial score (nSPS) is 27.8. The van der Waals surface area contributed by atoms with Gasteiger partial charge in [0.1, 0.15) is 0 Å². The summed E-state index contributed by atoms with van der Waals surface area (Å²) in [6.07, 6.45) is -0.356. The molecule has 0 radical (unpaired) electrons. The highest BCUT2D eigenvalue weighted by Gasteiger charge is 2.36. The third-order valence-corrected chi connectivity index (χ3v) is 1.82. The number of hydrogen-bond donors (Lipinski definition) is 2. The number of carbonyl (C=O) groups excluding carboxylic acids is 1. The molecule has 0 unspecified atom stereocenters. The molecule has 1 fully saturated rings. The second-order valence-corrected chi connectivity index (χ2v) is 2.61. The number of ether oxygens (including phenoxy) is 2. The van der Waals surface area contributed by atoms with Gasteiger partial charge in [0, 0.05) is 14.2 Å². The molecule has 1 amide bonds. The minimum absolute atomic E-state index is 0.0879. The summed E-state index contributed by atoms with van der Waals surface area (Å²) in [5.74, 6) is -0.0881. The Morgan fingerprint density at radius 2 is 2.50 bits per heavy atom. The molecule has 12 heavy (non-hydrogen) atoms. The molecule has 70 valence electrons. The fourth-order valence-corrected chi connectivity index (χ4v) is 1.05. The smallest absolute Gasteiger partial charge is 0.250 e. The first kappa shape index (κ1) is 9.44. The summed E-state index contributed by atoms with van der Waals surface area (Å²) in [4.78, 5) is 11.1. The molecule has 0 aromatic rings. The van der Waals surface area contributed by atoms with Crippen LogP contribution >= 0.6 is 0 Å². The van der Waals surface area contributed by atoms with Gasteiger partial charge in [0.15, 0.2) is 6.10 Å². The Bertz CT molecular complexity index is 163. The number of rotatable bonds is 4. The molecule has 0 saturated carbocycles. The largest absolute Gasteiger partial charge is 0.370 e. The third-order valence-electron chi connectivity index (χ3n) is 1.82. The van der Waals surface area contributed by atoms with Crippen LogP contribution in [0.1, 0.15) is 0 Å². The zero-order valence-corrected chi connectivity index (χ0v) is 7.29. The van der Waals surface area contributed by atoms with Crippen LogP contribution in [0.3, 0.4) is 0 Å². The lowest BCUT2D eigenvalue weighted by Gasteiger charge is -2.35. The standard InChI is InChI=1S/C7H14N2O3/c1-8-7(10)6-5(3-12-6)9-4-11-2/h5-6,9H,3-4H2,1-2H3,(H,8,10)/t5-,6-/m1/s1. The topological polar surface area (TPSA) is 59.6 Å². The van der Waals surface area contributed by atoms with Crippen molar-refractivity contribution in [3.63, 3.8) is 0 Å². The number of likely N-dealkylation sites (N-methyl/N-ethyl adjacent to an activating group) is 1. The summed E-state index contributed by atoms with van der Waals surface area (Å²) in [6.45, 7) is 1.02. The van der Waals surface area contributed by atoms with Gasteiger partial charge in [-0.25, -0.2) is 0 Å². The van der Waals surface area contributed by atoms with Crippen LogP contribution in [0, 0.1) is 0 Å². The van der Waals surface area contributed by atoms with Gasteiger partial charge in [-0.15, -0.1) is 0 Å². The van der Waals surface area contributed by atoms with E-state index in [1.54, 1.807) is 14.2 Å². The van der Waals surface area contributed by atoms with Gasteiger partial charge in [-0.2, -0.15) is 0 Å². The highest BCUT2D eigenvalue weighted by atomic mass is 16.5. The molecular formula is C7H14N2O3. The highest BCUT2D eigenvalue weighted by molar-refractivity contribution is 5.82. The van der Waals surface area contributed by atoms with Crippen LogP contribution in [0.5, 0.6) is 0 Å². The van der Waals surface area contributed by atoms with E-state index in [2.05, 4.69) is 10.6 Å². The van der Waals surface area contributed by atoms with Crippen molar-refractivity contribution < 1.29 is 14.3 Å². The molecule has 0 spiro atoms. The average Bonchev–Trinajstić information content (AvgIpc) is 2.03. The molecule has 5 nitrogen and oxygen atoms in total. The first-order valence-electron chi connectivity index (χ1n) is 3.85. The minimum Gasteiger partial charge on any atom is -0.370 e. The summed E-state index contributed by atoms with van der Waals surface area (Å²) >= 11 is 0. The molecule has 5 heteroatoms. The minimum atomic E-state index is -0.356. The van der Waals surface area contributed by atoms with Crippen molar-refractivity contribution in [2.45, 2.75) is 12.1 Å². The quantitative estimate of drug-likeness (QED) is 0.520. The summed E-state index contributed by atoms with van der Waals surface area (Å²) < 4.78 is 9.87. The van der Waals surface area contributed by atoms with E-state index in [1.807, 2.05) is 0 Å². The SMILES string of the molecule is CNC(=O)[C@@H]1OC[C@H]1NCOC. The van der Waals surface area contributed by atoms with Crippen LogP contribution in [0.25, 0.3) is 0 Å². The van der Waals surface area contributed by atoms with E-state index in [-0.39, 0.29) is 18.1 Å².